The van der Waals surface area contributed by atoms with Gasteiger partial charge in [0.25, 0.3) is 5.69 Å². The fraction of sp³-hybridized carbons (Fsp3) is 0. The highest BCUT2D eigenvalue weighted by molar-refractivity contribution is 7.80. The van der Waals surface area contributed by atoms with Crippen LogP contribution in [-0.2, 0) is 0 Å². The van der Waals surface area contributed by atoms with Gasteiger partial charge in [-0.05, 0) is 6.07 Å². The topological polar surface area (TPSA) is 66.9 Å². The van der Waals surface area contributed by atoms with Gasteiger partial charge in [-0.3, -0.25) is 10.1 Å². The molecule has 0 aliphatic carbocycles. The van der Waals surface area contributed by atoms with E-state index in [0.717, 1.165) is 12.1 Å². The van der Waals surface area contributed by atoms with E-state index in [-0.39, 0.29) is 16.1 Å². The van der Waals surface area contributed by atoms with Crippen LogP contribution in [0.3, 0.4) is 0 Å². The Bertz CT molecular complexity index is 414. The average Bonchev–Trinajstić information content (AvgIpc) is 2.03. The van der Waals surface area contributed by atoms with Crippen LogP contribution in [0.4, 0.5) is 10.1 Å². The number of hydrogen-bond acceptors (Lipinski definition) is 4. The molecule has 0 atom stereocenters. The van der Waals surface area contributed by atoms with Crippen molar-refractivity contribution in [2.75, 3.05) is 0 Å². The quantitative estimate of drug-likeness (QED) is 0.425. The van der Waals surface area contributed by atoms with Gasteiger partial charge in [0.1, 0.15) is 11.9 Å². The standard InChI is InChI=1S/C7H3FN2O2S/c8-5-2-7(13)6(10(11)12)1-4(5)3-9/h1-2,13H. The van der Waals surface area contributed by atoms with Gasteiger partial charge in [0.05, 0.1) is 15.4 Å². The van der Waals surface area contributed by atoms with E-state index in [1.54, 1.807) is 0 Å². The Hall–Kier alpha value is -1.61. The maximum absolute atomic E-state index is 12.8. The number of nitrogens with zero attached hydrogens (tertiary/aromatic N) is 2. The zero-order valence-corrected chi connectivity index (χ0v) is 7.09. The molecular formula is C7H3FN2O2S. The third kappa shape index (κ3) is 1.76. The second-order valence-electron chi connectivity index (χ2n) is 2.19. The van der Waals surface area contributed by atoms with Crippen molar-refractivity contribution < 1.29 is 9.31 Å². The first-order valence-electron chi connectivity index (χ1n) is 3.13. The van der Waals surface area contributed by atoms with Gasteiger partial charge >= 0.3 is 0 Å². The highest BCUT2D eigenvalue weighted by Crippen LogP contribution is 2.25. The molecule has 0 radical (unpaired) electrons. The number of nitriles is 1. The van der Waals surface area contributed by atoms with E-state index in [0.29, 0.717) is 0 Å². The molecule has 0 saturated carbocycles. The largest absolute Gasteiger partial charge is 0.284 e. The fourth-order valence-corrected chi connectivity index (χ4v) is 1.04. The van der Waals surface area contributed by atoms with Crippen LogP contribution in [0, 0.1) is 27.3 Å². The van der Waals surface area contributed by atoms with Crippen molar-refractivity contribution in [3.8, 4) is 6.07 Å². The van der Waals surface area contributed by atoms with Gasteiger partial charge in [-0.2, -0.15) is 5.26 Å². The summed E-state index contributed by atoms with van der Waals surface area (Å²) in [4.78, 5) is 9.51. The molecule has 1 aromatic rings. The van der Waals surface area contributed by atoms with Crippen LogP contribution in [-0.4, -0.2) is 4.92 Å². The summed E-state index contributed by atoms with van der Waals surface area (Å²) >= 11 is 3.70. The van der Waals surface area contributed by atoms with Crippen molar-refractivity contribution in [1.29, 1.82) is 5.26 Å². The van der Waals surface area contributed by atoms with E-state index in [1.165, 1.54) is 6.07 Å². The minimum absolute atomic E-state index is 0.0958. The monoisotopic (exact) mass is 198 g/mol. The minimum Gasteiger partial charge on any atom is -0.258 e. The predicted molar refractivity (Wildman–Crippen MR) is 45.0 cm³/mol. The first kappa shape index (κ1) is 9.48. The maximum atomic E-state index is 12.8. The zero-order valence-electron chi connectivity index (χ0n) is 6.19. The number of rotatable bonds is 1. The molecule has 0 heterocycles. The molecule has 0 unspecified atom stereocenters. The van der Waals surface area contributed by atoms with Crippen molar-refractivity contribution in [3.05, 3.63) is 33.6 Å². The molecule has 0 amide bonds. The second-order valence-corrected chi connectivity index (χ2v) is 2.67. The van der Waals surface area contributed by atoms with Crippen LogP contribution in [0.25, 0.3) is 0 Å². The second kappa shape index (κ2) is 3.41. The van der Waals surface area contributed by atoms with Gasteiger partial charge in [0.2, 0.25) is 0 Å². The van der Waals surface area contributed by atoms with Gasteiger partial charge in [-0.15, -0.1) is 12.6 Å². The van der Waals surface area contributed by atoms with Gasteiger partial charge in [-0.25, -0.2) is 4.39 Å². The Morgan fingerprint density at radius 3 is 2.69 bits per heavy atom. The summed E-state index contributed by atoms with van der Waals surface area (Å²) < 4.78 is 12.8. The number of halogens is 1. The first-order valence-corrected chi connectivity index (χ1v) is 3.58. The molecule has 0 aliphatic rings. The van der Waals surface area contributed by atoms with Crippen molar-refractivity contribution in [2.45, 2.75) is 4.90 Å². The zero-order chi connectivity index (χ0) is 10.0. The summed E-state index contributed by atoms with van der Waals surface area (Å²) in [6, 6.07) is 3.21. The SMILES string of the molecule is N#Cc1cc([N+](=O)[O-])c(S)cc1F. The number of nitro groups is 1. The summed E-state index contributed by atoms with van der Waals surface area (Å²) in [6.07, 6.45) is 0. The lowest BCUT2D eigenvalue weighted by atomic mass is 10.2. The third-order valence-corrected chi connectivity index (χ3v) is 1.74. The van der Waals surface area contributed by atoms with Crippen LogP contribution in [0.1, 0.15) is 5.56 Å². The third-order valence-electron chi connectivity index (χ3n) is 1.38. The lowest BCUT2D eigenvalue weighted by Gasteiger charge is -1.97. The summed E-state index contributed by atoms with van der Waals surface area (Å²) in [5.74, 6) is -0.807. The molecule has 0 aromatic heterocycles. The van der Waals surface area contributed by atoms with Gasteiger partial charge in [-0.1, -0.05) is 0 Å². The first-order chi connectivity index (χ1) is 6.06. The summed E-state index contributed by atoms with van der Waals surface area (Å²) in [7, 11) is 0. The van der Waals surface area contributed by atoms with Crippen molar-refractivity contribution in [3.63, 3.8) is 0 Å². The lowest BCUT2D eigenvalue weighted by Crippen LogP contribution is -1.93. The van der Waals surface area contributed by atoms with Gasteiger partial charge in [0.15, 0.2) is 0 Å². The van der Waals surface area contributed by atoms with E-state index < -0.39 is 10.7 Å². The van der Waals surface area contributed by atoms with E-state index in [4.69, 9.17) is 5.26 Å². The molecule has 13 heavy (non-hydrogen) atoms. The Kier molecular flexibility index (Phi) is 2.49. The Morgan fingerprint density at radius 1 is 1.62 bits per heavy atom. The van der Waals surface area contributed by atoms with Crippen molar-refractivity contribution >= 4 is 18.3 Å². The molecule has 4 nitrogen and oxygen atoms in total. The average molecular weight is 198 g/mol. The van der Waals surface area contributed by atoms with Crippen LogP contribution in [0.5, 0.6) is 0 Å². The minimum atomic E-state index is -0.807. The Labute approximate surface area is 78.2 Å². The molecule has 0 spiro atoms. The summed E-state index contributed by atoms with van der Waals surface area (Å²) in [6.45, 7) is 0. The summed E-state index contributed by atoms with van der Waals surface area (Å²) in [5, 5.41) is 18.7. The molecular weight excluding hydrogens is 195 g/mol. The van der Waals surface area contributed by atoms with Crippen LogP contribution in [0.2, 0.25) is 0 Å². The van der Waals surface area contributed by atoms with Crippen LogP contribution >= 0.6 is 12.6 Å². The predicted octanol–water partition coefficient (Wildman–Crippen LogP) is 1.89. The molecule has 6 heteroatoms. The van der Waals surface area contributed by atoms with Crippen LogP contribution in [0.15, 0.2) is 17.0 Å². The van der Waals surface area contributed by atoms with Crippen molar-refractivity contribution in [2.24, 2.45) is 0 Å². The molecule has 0 aliphatic heterocycles. The summed E-state index contributed by atoms with van der Waals surface area (Å²) in [5.41, 5.74) is -0.731. The molecule has 0 N–H and O–H groups in total. The number of hydrogen-bond donors (Lipinski definition) is 1. The Balaban J connectivity index is 3.41. The normalized spacial score (nSPS) is 9.31. The molecule has 0 bridgehead atoms. The molecule has 66 valence electrons. The van der Waals surface area contributed by atoms with Crippen LogP contribution < -0.4 is 0 Å². The fourth-order valence-electron chi connectivity index (χ4n) is 0.783. The van der Waals surface area contributed by atoms with E-state index in [9.17, 15) is 14.5 Å². The van der Waals surface area contributed by atoms with E-state index in [1.807, 2.05) is 0 Å². The number of nitro benzene ring substituents is 1. The maximum Gasteiger partial charge on any atom is 0.284 e. The van der Waals surface area contributed by atoms with Crippen molar-refractivity contribution in [1.82, 2.24) is 0 Å². The Morgan fingerprint density at radius 2 is 2.23 bits per heavy atom. The number of benzene rings is 1. The highest BCUT2D eigenvalue weighted by atomic mass is 32.1. The lowest BCUT2D eigenvalue weighted by molar-refractivity contribution is -0.387. The van der Waals surface area contributed by atoms with E-state index in [2.05, 4.69) is 12.6 Å². The van der Waals surface area contributed by atoms with E-state index >= 15 is 0 Å². The van der Waals surface area contributed by atoms with Gasteiger partial charge in [0, 0.05) is 6.07 Å². The molecule has 1 aromatic carbocycles. The molecule has 0 fully saturated rings. The molecule has 1 rings (SSSR count). The molecule has 0 saturated heterocycles. The smallest absolute Gasteiger partial charge is 0.258 e. The highest BCUT2D eigenvalue weighted by Gasteiger charge is 2.15. The van der Waals surface area contributed by atoms with Gasteiger partial charge < -0.3 is 0 Å². The number of thiol groups is 1.